The molecule has 0 bridgehead atoms. The summed E-state index contributed by atoms with van der Waals surface area (Å²) in [6.07, 6.45) is 25.2. The van der Waals surface area contributed by atoms with Gasteiger partial charge in [0.25, 0.3) is 0 Å². The Morgan fingerprint density at radius 2 is 0.875 bits per heavy atom. The van der Waals surface area contributed by atoms with Crippen molar-refractivity contribution in [1.29, 1.82) is 0 Å². The Morgan fingerprint density at radius 1 is 0.583 bits per heavy atom. The van der Waals surface area contributed by atoms with Gasteiger partial charge in [-0.05, 0) is 6.42 Å². The summed E-state index contributed by atoms with van der Waals surface area (Å²) in [7, 11) is 0. The molecule has 0 spiro atoms. The van der Waals surface area contributed by atoms with E-state index in [1.165, 1.54) is 103 Å². The van der Waals surface area contributed by atoms with E-state index in [9.17, 15) is 4.79 Å². The molecule has 0 aliphatic rings. The van der Waals surface area contributed by atoms with Crippen LogP contribution in [0.4, 0.5) is 0 Å². The third-order valence-corrected chi connectivity index (χ3v) is 4.92. The van der Waals surface area contributed by atoms with Crippen LogP contribution in [0, 0.1) is 0 Å². The first kappa shape index (κ1) is 23.4. The van der Waals surface area contributed by atoms with Crippen LogP contribution in [0.3, 0.4) is 0 Å². The molecule has 0 unspecified atom stereocenters. The lowest BCUT2D eigenvalue weighted by Crippen LogP contribution is -2.29. The quantitative estimate of drug-likeness (QED) is 0.123. The highest BCUT2D eigenvalue weighted by Gasteiger charge is 1.98. The van der Waals surface area contributed by atoms with Crippen molar-refractivity contribution in [2.24, 2.45) is 5.84 Å². The van der Waals surface area contributed by atoms with Gasteiger partial charge in [-0.3, -0.25) is 10.2 Å². The van der Waals surface area contributed by atoms with E-state index in [1.807, 2.05) is 0 Å². The van der Waals surface area contributed by atoms with E-state index in [0.29, 0.717) is 6.42 Å². The van der Waals surface area contributed by atoms with E-state index in [2.05, 4.69) is 12.3 Å². The summed E-state index contributed by atoms with van der Waals surface area (Å²) in [6, 6.07) is 0. The van der Waals surface area contributed by atoms with E-state index in [4.69, 9.17) is 5.84 Å². The Bertz CT molecular complexity index is 256. The number of hydrogen-bond donors (Lipinski definition) is 2. The Hall–Kier alpha value is -0.570. The fraction of sp³-hybridized carbons (Fsp3) is 0.952. The van der Waals surface area contributed by atoms with E-state index in [1.54, 1.807) is 0 Å². The molecular formula is C21H44N2O. The highest BCUT2D eigenvalue weighted by Crippen LogP contribution is 2.14. The third-order valence-electron chi connectivity index (χ3n) is 4.92. The molecule has 1 amide bonds. The monoisotopic (exact) mass is 340 g/mol. The second-order valence-electron chi connectivity index (χ2n) is 7.33. The van der Waals surface area contributed by atoms with Crippen molar-refractivity contribution >= 4 is 5.91 Å². The Morgan fingerprint density at radius 3 is 1.17 bits per heavy atom. The standard InChI is InChI=1S/C21H44N2O/c1-2-3-4-5-6-7-8-9-10-11-12-13-14-15-16-17-18-19-20-21(24)23-22/h2-20,22H2,1H3,(H,23,24). The van der Waals surface area contributed by atoms with Crippen LogP contribution in [0.1, 0.15) is 129 Å². The molecule has 0 aromatic heterocycles. The van der Waals surface area contributed by atoms with Crippen LogP contribution in [0.15, 0.2) is 0 Å². The number of carbonyl (C=O) groups excluding carboxylic acids is 1. The second-order valence-corrected chi connectivity index (χ2v) is 7.33. The molecule has 3 N–H and O–H groups in total. The molecule has 3 heteroatoms. The van der Waals surface area contributed by atoms with Crippen LogP contribution < -0.4 is 11.3 Å². The van der Waals surface area contributed by atoms with Gasteiger partial charge >= 0.3 is 0 Å². The highest BCUT2D eigenvalue weighted by molar-refractivity contribution is 5.74. The predicted molar refractivity (Wildman–Crippen MR) is 106 cm³/mol. The summed E-state index contributed by atoms with van der Waals surface area (Å²) in [5, 5.41) is 0. The van der Waals surface area contributed by atoms with Crippen molar-refractivity contribution < 1.29 is 4.79 Å². The van der Waals surface area contributed by atoms with Crippen LogP contribution in [-0.4, -0.2) is 5.91 Å². The summed E-state index contributed by atoms with van der Waals surface area (Å²) in [4.78, 5) is 10.9. The summed E-state index contributed by atoms with van der Waals surface area (Å²) in [5.74, 6) is 5.01. The number of nitrogens with two attached hydrogens (primary N) is 1. The zero-order chi connectivity index (χ0) is 17.7. The zero-order valence-corrected chi connectivity index (χ0v) is 16.4. The molecule has 0 rings (SSSR count). The van der Waals surface area contributed by atoms with Crippen molar-refractivity contribution in [3.8, 4) is 0 Å². The van der Waals surface area contributed by atoms with Crippen LogP contribution in [0.25, 0.3) is 0 Å². The topological polar surface area (TPSA) is 55.1 Å². The van der Waals surface area contributed by atoms with Gasteiger partial charge in [0.05, 0.1) is 0 Å². The molecule has 0 heterocycles. The van der Waals surface area contributed by atoms with Gasteiger partial charge in [-0.2, -0.15) is 0 Å². The first-order valence-electron chi connectivity index (χ1n) is 10.8. The van der Waals surface area contributed by atoms with Gasteiger partial charge in [0.2, 0.25) is 5.91 Å². The molecule has 0 saturated carbocycles. The number of hydrazine groups is 1. The molecule has 0 aromatic carbocycles. The lowest BCUT2D eigenvalue weighted by molar-refractivity contribution is -0.121. The molecule has 0 aliphatic heterocycles. The van der Waals surface area contributed by atoms with E-state index in [0.717, 1.165) is 12.8 Å². The van der Waals surface area contributed by atoms with E-state index >= 15 is 0 Å². The number of hydrogen-bond acceptors (Lipinski definition) is 2. The summed E-state index contributed by atoms with van der Waals surface area (Å²) < 4.78 is 0. The second kappa shape index (κ2) is 20.5. The molecule has 0 aliphatic carbocycles. The SMILES string of the molecule is CCCCCCCCCCCCCCCCCCCCC(=O)NN. The largest absolute Gasteiger partial charge is 0.294 e. The molecule has 0 saturated heterocycles. The number of amides is 1. The number of unbranched alkanes of at least 4 members (excludes halogenated alkanes) is 17. The average molecular weight is 341 g/mol. The molecule has 0 fully saturated rings. The highest BCUT2D eigenvalue weighted by atomic mass is 16.2. The van der Waals surface area contributed by atoms with Crippen LogP contribution in [-0.2, 0) is 4.79 Å². The number of nitrogens with one attached hydrogen (secondary N) is 1. The smallest absolute Gasteiger partial charge is 0.233 e. The van der Waals surface area contributed by atoms with Gasteiger partial charge < -0.3 is 0 Å². The lowest BCUT2D eigenvalue weighted by Gasteiger charge is -2.04. The van der Waals surface area contributed by atoms with Gasteiger partial charge in [0.15, 0.2) is 0 Å². The van der Waals surface area contributed by atoms with Crippen LogP contribution in [0.2, 0.25) is 0 Å². The first-order chi connectivity index (χ1) is 11.8. The molecule has 0 atom stereocenters. The zero-order valence-electron chi connectivity index (χ0n) is 16.4. The van der Waals surface area contributed by atoms with Crippen LogP contribution >= 0.6 is 0 Å². The maximum absolute atomic E-state index is 10.9. The van der Waals surface area contributed by atoms with E-state index < -0.39 is 0 Å². The van der Waals surface area contributed by atoms with Crippen LogP contribution in [0.5, 0.6) is 0 Å². The fourth-order valence-corrected chi connectivity index (χ4v) is 3.26. The van der Waals surface area contributed by atoms with Crippen molar-refractivity contribution in [3.63, 3.8) is 0 Å². The first-order valence-corrected chi connectivity index (χ1v) is 10.8. The Labute approximate surface area is 151 Å². The third kappa shape index (κ3) is 19.5. The van der Waals surface area contributed by atoms with Gasteiger partial charge in [-0.15, -0.1) is 0 Å². The van der Waals surface area contributed by atoms with Crippen molar-refractivity contribution in [2.75, 3.05) is 0 Å². The van der Waals surface area contributed by atoms with E-state index in [-0.39, 0.29) is 5.91 Å². The summed E-state index contributed by atoms with van der Waals surface area (Å²) in [6.45, 7) is 2.28. The molecule has 0 radical (unpaired) electrons. The number of carbonyl (C=O) groups is 1. The number of rotatable bonds is 19. The van der Waals surface area contributed by atoms with Gasteiger partial charge in [-0.1, -0.05) is 116 Å². The fourth-order valence-electron chi connectivity index (χ4n) is 3.26. The normalized spacial score (nSPS) is 10.9. The molecular weight excluding hydrogens is 296 g/mol. The minimum absolute atomic E-state index is 0.0357. The minimum Gasteiger partial charge on any atom is -0.294 e. The predicted octanol–water partition coefficient (Wildman–Crippen LogP) is 6.41. The lowest BCUT2D eigenvalue weighted by atomic mass is 10.0. The maximum Gasteiger partial charge on any atom is 0.233 e. The molecule has 3 nitrogen and oxygen atoms in total. The molecule has 24 heavy (non-hydrogen) atoms. The summed E-state index contributed by atoms with van der Waals surface area (Å²) >= 11 is 0. The molecule has 0 aromatic rings. The molecule has 144 valence electrons. The average Bonchev–Trinajstić information content (AvgIpc) is 2.60. The Balaban J connectivity index is 2.99. The summed E-state index contributed by atoms with van der Waals surface area (Å²) in [5.41, 5.74) is 2.18. The minimum atomic E-state index is -0.0357. The maximum atomic E-state index is 10.9. The van der Waals surface area contributed by atoms with Gasteiger partial charge in [0.1, 0.15) is 0 Å². The van der Waals surface area contributed by atoms with Gasteiger partial charge in [0, 0.05) is 6.42 Å². The van der Waals surface area contributed by atoms with Crippen molar-refractivity contribution in [1.82, 2.24) is 5.43 Å². The van der Waals surface area contributed by atoms with Crippen molar-refractivity contribution in [2.45, 2.75) is 129 Å². The Kier molecular flexibility index (Phi) is 20.0. The van der Waals surface area contributed by atoms with Crippen molar-refractivity contribution in [3.05, 3.63) is 0 Å². The van der Waals surface area contributed by atoms with Gasteiger partial charge in [-0.25, -0.2) is 5.84 Å².